The van der Waals surface area contributed by atoms with Crippen LogP contribution in [0.4, 0.5) is 4.39 Å². The molecule has 0 radical (unpaired) electrons. The number of ether oxygens (including phenoxy) is 2. The van der Waals surface area contributed by atoms with Gasteiger partial charge >= 0.3 is 0 Å². The van der Waals surface area contributed by atoms with Gasteiger partial charge in [0, 0.05) is 4.91 Å². The molecule has 0 amide bonds. The summed E-state index contributed by atoms with van der Waals surface area (Å²) in [4.78, 5) is 2.47. The molecule has 0 aromatic carbocycles. The van der Waals surface area contributed by atoms with Gasteiger partial charge in [-0.3, -0.25) is 0 Å². The van der Waals surface area contributed by atoms with Crippen LogP contribution in [0.3, 0.4) is 0 Å². The number of azide groups is 1. The number of fused-ring (bicyclic) bond motifs is 2. The molecule has 0 aromatic rings. The molecule has 0 unspecified atom stereocenters. The molecule has 0 spiro atoms. The highest BCUT2D eigenvalue weighted by atomic mass is 19.1. The Bertz CT molecular complexity index is 242. The summed E-state index contributed by atoms with van der Waals surface area (Å²) in [6, 6.07) is -1.10. The van der Waals surface area contributed by atoms with Gasteiger partial charge in [0.15, 0.2) is 12.5 Å². The van der Waals surface area contributed by atoms with Gasteiger partial charge in [-0.15, -0.1) is 0 Å². The van der Waals surface area contributed by atoms with Crippen LogP contribution in [0.5, 0.6) is 0 Å². The second-order valence-electron chi connectivity index (χ2n) is 3.01. The minimum Gasteiger partial charge on any atom is -0.390 e. The van der Waals surface area contributed by atoms with Crippen LogP contribution in [0.15, 0.2) is 5.11 Å². The Hall–Kier alpha value is -0.880. The molecular formula is C6H8FN3O3. The first-order valence-corrected chi connectivity index (χ1v) is 3.87. The molecule has 2 aliphatic heterocycles. The maximum absolute atomic E-state index is 13.3. The molecule has 0 saturated carbocycles. The van der Waals surface area contributed by atoms with Crippen LogP contribution < -0.4 is 0 Å². The van der Waals surface area contributed by atoms with Gasteiger partial charge in [0.2, 0.25) is 0 Å². The van der Waals surface area contributed by atoms with Gasteiger partial charge in [-0.05, 0) is 5.53 Å². The number of rotatable bonds is 1. The van der Waals surface area contributed by atoms with Crippen molar-refractivity contribution in [2.24, 2.45) is 5.11 Å². The SMILES string of the molecule is [N-]=[N+]=N[C@H]1[C@H](O)[C@H]2CO[C@H](O2)[C@@H]1F. The third-order valence-corrected chi connectivity index (χ3v) is 2.24. The number of alkyl halides is 1. The van der Waals surface area contributed by atoms with E-state index < -0.39 is 30.7 Å². The smallest absolute Gasteiger partial charge is 0.189 e. The zero-order valence-corrected chi connectivity index (χ0v) is 6.58. The second-order valence-corrected chi connectivity index (χ2v) is 3.01. The maximum Gasteiger partial charge on any atom is 0.189 e. The van der Waals surface area contributed by atoms with Crippen LogP contribution in [-0.4, -0.2) is 42.4 Å². The first-order valence-electron chi connectivity index (χ1n) is 3.87. The first-order chi connectivity index (χ1) is 6.24. The Balaban J connectivity index is 2.21. The summed E-state index contributed by atoms with van der Waals surface area (Å²) in [6.07, 6.45) is -4.29. The highest BCUT2D eigenvalue weighted by Gasteiger charge is 2.50. The van der Waals surface area contributed by atoms with E-state index in [0.717, 1.165) is 0 Å². The number of aliphatic hydroxyl groups is 1. The van der Waals surface area contributed by atoms with Gasteiger partial charge in [-0.1, -0.05) is 5.11 Å². The zero-order valence-electron chi connectivity index (χ0n) is 6.58. The van der Waals surface area contributed by atoms with Crippen LogP contribution in [-0.2, 0) is 9.47 Å². The average molecular weight is 189 g/mol. The molecule has 0 aromatic heterocycles. The molecule has 1 N–H and O–H groups in total. The fourth-order valence-corrected chi connectivity index (χ4v) is 1.55. The van der Waals surface area contributed by atoms with Crippen LogP contribution in [0.1, 0.15) is 0 Å². The summed E-state index contributed by atoms with van der Waals surface area (Å²) in [5, 5.41) is 12.6. The van der Waals surface area contributed by atoms with Crippen molar-refractivity contribution in [3.63, 3.8) is 0 Å². The lowest BCUT2D eigenvalue weighted by Gasteiger charge is -2.31. The maximum atomic E-state index is 13.3. The molecule has 2 bridgehead atoms. The Morgan fingerprint density at radius 3 is 3.08 bits per heavy atom. The standard InChI is InChI=1S/C6H8FN3O3/c7-3-4(9-10-8)5(11)2-1-12-6(3)13-2/h2-6,11H,1H2/t2-,3-,4-,5-,6-/m1/s1. The van der Waals surface area contributed by atoms with Crippen LogP contribution in [0.2, 0.25) is 0 Å². The van der Waals surface area contributed by atoms with Gasteiger partial charge in [0.1, 0.15) is 12.1 Å². The van der Waals surface area contributed by atoms with Crippen LogP contribution >= 0.6 is 0 Å². The molecule has 2 aliphatic rings. The molecule has 7 heteroatoms. The van der Waals surface area contributed by atoms with Gasteiger partial charge in [0.05, 0.1) is 12.7 Å². The van der Waals surface area contributed by atoms with E-state index in [-0.39, 0.29) is 6.61 Å². The molecule has 13 heavy (non-hydrogen) atoms. The van der Waals surface area contributed by atoms with Crippen molar-refractivity contribution in [1.82, 2.24) is 0 Å². The zero-order chi connectivity index (χ0) is 9.42. The van der Waals surface area contributed by atoms with Crippen molar-refractivity contribution >= 4 is 0 Å². The molecule has 2 rings (SSSR count). The summed E-state index contributed by atoms with van der Waals surface area (Å²) in [7, 11) is 0. The van der Waals surface area contributed by atoms with E-state index in [1.165, 1.54) is 0 Å². The summed E-state index contributed by atoms with van der Waals surface area (Å²) >= 11 is 0. The minimum atomic E-state index is -1.59. The Morgan fingerprint density at radius 1 is 1.62 bits per heavy atom. The van der Waals surface area contributed by atoms with Crippen molar-refractivity contribution in [2.75, 3.05) is 6.61 Å². The predicted molar refractivity (Wildman–Crippen MR) is 38.4 cm³/mol. The lowest BCUT2D eigenvalue weighted by molar-refractivity contribution is -0.167. The Kier molecular flexibility index (Phi) is 2.09. The topological polar surface area (TPSA) is 87.5 Å². The van der Waals surface area contributed by atoms with Crippen molar-refractivity contribution in [1.29, 1.82) is 0 Å². The number of hydrogen-bond acceptors (Lipinski definition) is 4. The van der Waals surface area contributed by atoms with E-state index in [2.05, 4.69) is 10.0 Å². The van der Waals surface area contributed by atoms with Crippen LogP contribution in [0.25, 0.3) is 10.4 Å². The fraction of sp³-hybridized carbons (Fsp3) is 1.00. The number of hydrogen-bond donors (Lipinski definition) is 1. The Morgan fingerprint density at radius 2 is 2.38 bits per heavy atom. The van der Waals surface area contributed by atoms with Crippen molar-refractivity contribution in [2.45, 2.75) is 30.7 Å². The van der Waals surface area contributed by atoms with Crippen molar-refractivity contribution in [3.8, 4) is 0 Å². The normalized spacial score (nSPS) is 48.6. The van der Waals surface area contributed by atoms with Crippen molar-refractivity contribution in [3.05, 3.63) is 10.4 Å². The monoisotopic (exact) mass is 189 g/mol. The molecule has 5 atom stereocenters. The van der Waals surface area contributed by atoms with E-state index in [0.29, 0.717) is 0 Å². The molecule has 6 nitrogen and oxygen atoms in total. The third kappa shape index (κ3) is 1.26. The molecule has 2 fully saturated rings. The summed E-state index contributed by atoms with van der Waals surface area (Å²) in [6.45, 7) is 0.143. The van der Waals surface area contributed by atoms with E-state index in [1.807, 2.05) is 0 Å². The summed E-state index contributed by atoms with van der Waals surface area (Å²) in [5.41, 5.74) is 8.15. The number of nitrogens with zero attached hydrogens (tertiary/aromatic N) is 3. The molecule has 2 saturated heterocycles. The van der Waals surface area contributed by atoms with E-state index in [1.54, 1.807) is 0 Å². The lowest BCUT2D eigenvalue weighted by atomic mass is 10.0. The quantitative estimate of drug-likeness (QED) is 0.361. The van der Waals surface area contributed by atoms with Crippen LogP contribution in [0, 0.1) is 0 Å². The average Bonchev–Trinajstić information content (AvgIpc) is 2.56. The first kappa shape index (κ1) is 8.71. The summed E-state index contributed by atoms with van der Waals surface area (Å²) in [5.74, 6) is 0. The highest BCUT2D eigenvalue weighted by molar-refractivity contribution is 4.97. The van der Waals surface area contributed by atoms with Gasteiger partial charge in [-0.25, -0.2) is 4.39 Å². The summed E-state index contributed by atoms with van der Waals surface area (Å²) < 4.78 is 23.2. The van der Waals surface area contributed by atoms with Crippen molar-refractivity contribution < 1.29 is 19.0 Å². The number of halogens is 1. The fourth-order valence-electron chi connectivity index (χ4n) is 1.55. The Labute approximate surface area is 72.9 Å². The molecule has 2 heterocycles. The van der Waals surface area contributed by atoms with Gasteiger partial charge in [-0.2, -0.15) is 0 Å². The largest absolute Gasteiger partial charge is 0.390 e. The molecule has 0 aliphatic carbocycles. The number of aliphatic hydroxyl groups excluding tert-OH is 1. The third-order valence-electron chi connectivity index (χ3n) is 2.24. The van der Waals surface area contributed by atoms with Gasteiger partial charge < -0.3 is 14.6 Å². The van der Waals surface area contributed by atoms with E-state index >= 15 is 0 Å². The second kappa shape index (κ2) is 3.12. The molecular weight excluding hydrogens is 181 g/mol. The van der Waals surface area contributed by atoms with E-state index in [4.69, 9.17) is 15.0 Å². The van der Waals surface area contributed by atoms with Gasteiger partial charge in [0.25, 0.3) is 0 Å². The van der Waals surface area contributed by atoms with E-state index in [9.17, 15) is 9.50 Å². The molecule has 72 valence electrons. The predicted octanol–water partition coefficient (Wildman–Crippen LogP) is 0.119. The lowest BCUT2D eigenvalue weighted by Crippen LogP contribution is -2.50. The highest BCUT2D eigenvalue weighted by Crippen LogP contribution is 2.31. The minimum absolute atomic E-state index is 0.143.